The minimum absolute atomic E-state index is 0.0781. The van der Waals surface area contributed by atoms with Gasteiger partial charge in [-0.15, -0.1) is 0 Å². The molecular formula is C30H29N3O4S. The third-order valence-corrected chi connectivity index (χ3v) is 7.98. The Hall–Kier alpha value is -4.43. The van der Waals surface area contributed by atoms with Crippen molar-refractivity contribution in [1.29, 1.82) is 0 Å². The summed E-state index contributed by atoms with van der Waals surface area (Å²) in [7, 11) is -4.05. The predicted molar refractivity (Wildman–Crippen MR) is 150 cm³/mol. The van der Waals surface area contributed by atoms with Gasteiger partial charge in [0.15, 0.2) is 0 Å². The highest BCUT2D eigenvalue weighted by molar-refractivity contribution is 7.92. The number of carbonyl (C=O) groups is 2. The summed E-state index contributed by atoms with van der Waals surface area (Å²) in [6, 6.07) is 29.4. The monoisotopic (exact) mass is 527 g/mol. The van der Waals surface area contributed by atoms with Crippen LogP contribution in [0.2, 0.25) is 0 Å². The molecule has 2 amide bonds. The molecule has 38 heavy (non-hydrogen) atoms. The van der Waals surface area contributed by atoms with Gasteiger partial charge >= 0.3 is 0 Å². The Morgan fingerprint density at radius 1 is 0.763 bits per heavy atom. The first-order valence-electron chi connectivity index (χ1n) is 12.1. The third kappa shape index (κ3) is 6.10. The van der Waals surface area contributed by atoms with Crippen LogP contribution in [0.1, 0.15) is 27.0 Å². The molecule has 4 aromatic carbocycles. The number of anilines is 2. The molecule has 0 bridgehead atoms. The van der Waals surface area contributed by atoms with E-state index in [2.05, 4.69) is 10.6 Å². The summed E-state index contributed by atoms with van der Waals surface area (Å²) in [6.45, 7) is 3.57. The average molecular weight is 528 g/mol. The summed E-state index contributed by atoms with van der Waals surface area (Å²) in [5, 5.41) is 5.60. The molecule has 2 N–H and O–H groups in total. The van der Waals surface area contributed by atoms with Crippen molar-refractivity contribution < 1.29 is 18.0 Å². The number of nitrogens with one attached hydrogen (secondary N) is 2. The molecule has 0 radical (unpaired) electrons. The number of benzene rings is 4. The minimum Gasteiger partial charge on any atom is -0.348 e. The lowest BCUT2D eigenvalue weighted by Gasteiger charge is -2.26. The van der Waals surface area contributed by atoms with E-state index < -0.39 is 22.5 Å². The van der Waals surface area contributed by atoms with E-state index in [4.69, 9.17) is 0 Å². The first-order valence-corrected chi connectivity index (χ1v) is 13.6. The van der Waals surface area contributed by atoms with Crippen LogP contribution in [0.5, 0.6) is 0 Å². The largest absolute Gasteiger partial charge is 0.348 e. The van der Waals surface area contributed by atoms with E-state index >= 15 is 0 Å². The fraction of sp³-hybridized carbons (Fsp3) is 0.133. The van der Waals surface area contributed by atoms with Gasteiger partial charge in [0, 0.05) is 6.54 Å². The van der Waals surface area contributed by atoms with Gasteiger partial charge in [-0.25, -0.2) is 8.42 Å². The first kappa shape index (κ1) is 26.6. The molecule has 0 heterocycles. The minimum atomic E-state index is -4.05. The standard InChI is InChI=1S/C30H29N3O4S/c1-22-12-11-19-28(23(22)2)33(38(36,37)25-15-7-4-8-16-25)21-29(34)32-27-18-10-9-17-26(27)30(35)31-20-24-13-5-3-6-14-24/h3-19H,20-21H2,1-2H3,(H,31,35)(H,32,34). The third-order valence-electron chi connectivity index (χ3n) is 6.20. The maximum atomic E-state index is 13.7. The van der Waals surface area contributed by atoms with Crippen LogP contribution in [0.25, 0.3) is 0 Å². The molecule has 0 unspecified atom stereocenters. The molecule has 4 rings (SSSR count). The Bertz CT molecular complexity index is 1540. The van der Waals surface area contributed by atoms with Crippen molar-refractivity contribution in [3.8, 4) is 0 Å². The lowest BCUT2D eigenvalue weighted by Crippen LogP contribution is -2.39. The lowest BCUT2D eigenvalue weighted by atomic mass is 10.1. The van der Waals surface area contributed by atoms with Gasteiger partial charge in [0.05, 0.1) is 21.8 Å². The molecule has 0 spiro atoms. The molecule has 0 aliphatic carbocycles. The second kappa shape index (κ2) is 11.7. The van der Waals surface area contributed by atoms with E-state index in [1.165, 1.54) is 12.1 Å². The number of sulfonamides is 1. The van der Waals surface area contributed by atoms with Crippen molar-refractivity contribution in [1.82, 2.24) is 5.32 Å². The van der Waals surface area contributed by atoms with Gasteiger partial charge in [0.1, 0.15) is 6.54 Å². The highest BCUT2D eigenvalue weighted by Gasteiger charge is 2.29. The van der Waals surface area contributed by atoms with E-state index in [1.807, 2.05) is 50.2 Å². The molecular weight excluding hydrogens is 498 g/mol. The smallest absolute Gasteiger partial charge is 0.264 e. The molecule has 0 fully saturated rings. The second-order valence-electron chi connectivity index (χ2n) is 8.81. The summed E-state index contributed by atoms with van der Waals surface area (Å²) in [5.41, 5.74) is 3.58. The molecule has 0 aliphatic heterocycles. The van der Waals surface area contributed by atoms with Crippen molar-refractivity contribution >= 4 is 33.2 Å². The van der Waals surface area contributed by atoms with E-state index in [-0.39, 0.29) is 16.4 Å². The zero-order valence-corrected chi connectivity index (χ0v) is 22.0. The van der Waals surface area contributed by atoms with Crippen LogP contribution in [-0.2, 0) is 21.4 Å². The van der Waals surface area contributed by atoms with Crippen molar-refractivity contribution in [2.45, 2.75) is 25.3 Å². The van der Waals surface area contributed by atoms with Crippen molar-refractivity contribution in [2.75, 3.05) is 16.2 Å². The summed E-state index contributed by atoms with van der Waals surface area (Å²) in [5.74, 6) is -0.929. The molecule has 0 aromatic heterocycles. The molecule has 194 valence electrons. The van der Waals surface area contributed by atoms with Gasteiger partial charge in [-0.05, 0) is 60.9 Å². The van der Waals surface area contributed by atoms with Gasteiger partial charge < -0.3 is 10.6 Å². The molecule has 7 nitrogen and oxygen atoms in total. The van der Waals surface area contributed by atoms with E-state index in [0.717, 1.165) is 21.0 Å². The van der Waals surface area contributed by atoms with Crippen LogP contribution in [0, 0.1) is 13.8 Å². The van der Waals surface area contributed by atoms with Crippen LogP contribution in [0.3, 0.4) is 0 Å². The van der Waals surface area contributed by atoms with Gasteiger partial charge in [-0.2, -0.15) is 0 Å². The Kier molecular flexibility index (Phi) is 8.23. The maximum Gasteiger partial charge on any atom is 0.264 e. The van der Waals surface area contributed by atoms with Crippen LogP contribution < -0.4 is 14.9 Å². The molecule has 4 aromatic rings. The number of aryl methyl sites for hydroxylation is 1. The van der Waals surface area contributed by atoms with Crippen LogP contribution >= 0.6 is 0 Å². The Morgan fingerprint density at radius 3 is 2.11 bits per heavy atom. The Labute approximate surface area is 223 Å². The summed E-state index contributed by atoms with van der Waals surface area (Å²) in [6.07, 6.45) is 0. The maximum absolute atomic E-state index is 13.7. The highest BCUT2D eigenvalue weighted by atomic mass is 32.2. The van der Waals surface area contributed by atoms with E-state index in [9.17, 15) is 18.0 Å². The second-order valence-corrected chi connectivity index (χ2v) is 10.7. The number of hydrogen-bond donors (Lipinski definition) is 2. The number of amides is 2. The zero-order chi connectivity index (χ0) is 27.1. The zero-order valence-electron chi connectivity index (χ0n) is 21.2. The fourth-order valence-electron chi connectivity index (χ4n) is 4.01. The van der Waals surface area contributed by atoms with Crippen molar-refractivity contribution in [3.05, 3.63) is 125 Å². The number of hydrogen-bond acceptors (Lipinski definition) is 4. The number of nitrogens with zero attached hydrogens (tertiary/aromatic N) is 1. The predicted octanol–water partition coefficient (Wildman–Crippen LogP) is 5.07. The fourth-order valence-corrected chi connectivity index (χ4v) is 5.51. The van der Waals surface area contributed by atoms with Gasteiger partial charge in [-0.3, -0.25) is 13.9 Å². The van der Waals surface area contributed by atoms with Gasteiger partial charge in [0.2, 0.25) is 5.91 Å². The number of para-hydroxylation sites is 1. The van der Waals surface area contributed by atoms with Crippen molar-refractivity contribution in [3.63, 3.8) is 0 Å². The Morgan fingerprint density at radius 2 is 1.39 bits per heavy atom. The number of rotatable bonds is 9. The van der Waals surface area contributed by atoms with Crippen LogP contribution in [0.4, 0.5) is 11.4 Å². The number of carbonyl (C=O) groups excluding carboxylic acids is 2. The molecule has 8 heteroatoms. The van der Waals surface area contributed by atoms with Crippen molar-refractivity contribution in [2.24, 2.45) is 0 Å². The molecule has 0 atom stereocenters. The SMILES string of the molecule is Cc1cccc(N(CC(=O)Nc2ccccc2C(=O)NCc2ccccc2)S(=O)(=O)c2ccccc2)c1C. The quantitative estimate of drug-likeness (QED) is 0.318. The summed E-state index contributed by atoms with van der Waals surface area (Å²) in [4.78, 5) is 26.3. The topological polar surface area (TPSA) is 95.6 Å². The van der Waals surface area contributed by atoms with Gasteiger partial charge in [-0.1, -0.05) is 72.8 Å². The van der Waals surface area contributed by atoms with Gasteiger partial charge in [0.25, 0.3) is 15.9 Å². The first-order chi connectivity index (χ1) is 18.3. The van der Waals surface area contributed by atoms with Crippen LogP contribution in [0.15, 0.2) is 108 Å². The highest BCUT2D eigenvalue weighted by Crippen LogP contribution is 2.28. The Balaban J connectivity index is 1.59. The molecule has 0 aliphatic rings. The lowest BCUT2D eigenvalue weighted by molar-refractivity contribution is -0.114. The normalized spacial score (nSPS) is 11.0. The molecule has 0 saturated carbocycles. The summed E-state index contributed by atoms with van der Waals surface area (Å²) < 4.78 is 28.4. The van der Waals surface area contributed by atoms with Crippen LogP contribution in [-0.4, -0.2) is 26.8 Å². The van der Waals surface area contributed by atoms with E-state index in [0.29, 0.717) is 17.9 Å². The summed E-state index contributed by atoms with van der Waals surface area (Å²) >= 11 is 0. The van der Waals surface area contributed by atoms with E-state index in [1.54, 1.807) is 54.6 Å². The average Bonchev–Trinajstić information content (AvgIpc) is 2.93. The molecule has 0 saturated heterocycles.